The van der Waals surface area contributed by atoms with E-state index in [4.69, 9.17) is 0 Å². The smallest absolute Gasteiger partial charge is 0.257 e. The summed E-state index contributed by atoms with van der Waals surface area (Å²) >= 11 is 0. The maximum atomic E-state index is 11.7. The van der Waals surface area contributed by atoms with Gasteiger partial charge in [0.1, 0.15) is 7.85 Å². The topological polar surface area (TPSA) is 42.0 Å². The third-order valence-electron chi connectivity index (χ3n) is 2.23. The molecule has 0 aliphatic carbocycles. The number of nitrogens with one attached hydrogen (secondary N) is 1. The van der Waals surface area contributed by atoms with Crippen LogP contribution in [0.1, 0.15) is 10.4 Å². The van der Waals surface area contributed by atoms with Crippen LogP contribution in [0.2, 0.25) is 0 Å². The molecule has 2 aromatic rings. The molecule has 78 valence electrons. The van der Waals surface area contributed by atoms with E-state index in [1.807, 2.05) is 32.1 Å². The summed E-state index contributed by atoms with van der Waals surface area (Å²) in [6.45, 7) is 0. The van der Waals surface area contributed by atoms with Crippen LogP contribution in [0.25, 0.3) is 0 Å². The predicted molar refractivity (Wildman–Crippen MR) is 66.8 cm³/mol. The molecule has 1 aromatic carbocycles. The number of pyridine rings is 1. The van der Waals surface area contributed by atoms with Crippen LogP contribution in [-0.2, 0) is 0 Å². The molecular formula is C12H11BN2O. The van der Waals surface area contributed by atoms with Gasteiger partial charge in [-0.15, -0.1) is 0 Å². The molecule has 16 heavy (non-hydrogen) atoms. The summed E-state index contributed by atoms with van der Waals surface area (Å²) in [6.07, 6.45) is 3.19. The lowest BCUT2D eigenvalue weighted by Crippen LogP contribution is -2.12. The number of anilines is 1. The molecule has 4 heteroatoms. The Balaban J connectivity index is 2.11. The zero-order valence-electron chi connectivity index (χ0n) is 8.97. The number of nitrogens with zero attached hydrogens (tertiary/aromatic N) is 1. The van der Waals surface area contributed by atoms with Crippen LogP contribution in [0.3, 0.4) is 0 Å². The molecule has 0 saturated carbocycles. The molecule has 0 aliphatic rings. The SMILES string of the molecule is Bc1ccc(NC(=O)c2cccnc2)cc1. The lowest BCUT2D eigenvalue weighted by atomic mass is 9.96. The molecular weight excluding hydrogens is 199 g/mol. The summed E-state index contributed by atoms with van der Waals surface area (Å²) in [4.78, 5) is 15.6. The van der Waals surface area contributed by atoms with Gasteiger partial charge >= 0.3 is 0 Å². The van der Waals surface area contributed by atoms with E-state index in [0.717, 1.165) is 5.69 Å². The molecule has 0 spiro atoms. The van der Waals surface area contributed by atoms with Gasteiger partial charge in [-0.2, -0.15) is 0 Å². The first-order valence-electron chi connectivity index (χ1n) is 5.04. The number of benzene rings is 1. The van der Waals surface area contributed by atoms with Crippen molar-refractivity contribution in [3.63, 3.8) is 0 Å². The van der Waals surface area contributed by atoms with Gasteiger partial charge in [-0.3, -0.25) is 9.78 Å². The Kier molecular flexibility index (Phi) is 3.01. The highest BCUT2D eigenvalue weighted by Crippen LogP contribution is 2.06. The van der Waals surface area contributed by atoms with E-state index in [9.17, 15) is 4.79 Å². The van der Waals surface area contributed by atoms with Crippen molar-refractivity contribution in [2.75, 3.05) is 5.32 Å². The minimum absolute atomic E-state index is 0.142. The van der Waals surface area contributed by atoms with Crippen molar-refractivity contribution in [2.24, 2.45) is 0 Å². The monoisotopic (exact) mass is 210 g/mol. The van der Waals surface area contributed by atoms with E-state index in [1.165, 1.54) is 5.46 Å². The van der Waals surface area contributed by atoms with E-state index < -0.39 is 0 Å². The Morgan fingerprint density at radius 2 is 1.94 bits per heavy atom. The quantitative estimate of drug-likeness (QED) is 0.737. The first-order valence-corrected chi connectivity index (χ1v) is 5.04. The zero-order chi connectivity index (χ0) is 11.4. The van der Waals surface area contributed by atoms with Gasteiger partial charge in [0, 0.05) is 18.1 Å². The summed E-state index contributed by atoms with van der Waals surface area (Å²) in [5, 5.41) is 2.81. The fraction of sp³-hybridized carbons (Fsp3) is 0. The predicted octanol–water partition coefficient (Wildman–Crippen LogP) is 0.592. The van der Waals surface area contributed by atoms with Crippen LogP contribution in [0.15, 0.2) is 48.8 Å². The second-order valence-corrected chi connectivity index (χ2v) is 3.56. The lowest BCUT2D eigenvalue weighted by molar-refractivity contribution is 0.102. The number of aromatic nitrogens is 1. The van der Waals surface area contributed by atoms with E-state index >= 15 is 0 Å². The van der Waals surface area contributed by atoms with Crippen LogP contribution in [0.4, 0.5) is 5.69 Å². The number of carbonyl (C=O) groups excluding carboxylic acids is 1. The standard InChI is InChI=1S/C12H11BN2O/c13-10-3-5-11(6-4-10)15-12(16)9-2-1-7-14-8-9/h1-8H,13H2,(H,15,16). The third kappa shape index (κ3) is 2.48. The number of rotatable bonds is 2. The van der Waals surface area contributed by atoms with E-state index in [-0.39, 0.29) is 5.91 Å². The van der Waals surface area contributed by atoms with Crippen molar-refractivity contribution >= 4 is 24.9 Å². The number of hydrogen-bond acceptors (Lipinski definition) is 2. The van der Waals surface area contributed by atoms with Gasteiger partial charge in [0.2, 0.25) is 0 Å². The Morgan fingerprint density at radius 3 is 2.56 bits per heavy atom. The molecule has 1 heterocycles. The molecule has 1 aromatic heterocycles. The molecule has 3 nitrogen and oxygen atoms in total. The van der Waals surface area contributed by atoms with Crippen molar-refractivity contribution in [3.05, 3.63) is 54.4 Å². The van der Waals surface area contributed by atoms with Crippen LogP contribution in [-0.4, -0.2) is 18.7 Å². The van der Waals surface area contributed by atoms with E-state index in [0.29, 0.717) is 5.56 Å². The summed E-state index contributed by atoms with van der Waals surface area (Å²) in [5.74, 6) is -0.142. The molecule has 0 atom stereocenters. The molecule has 0 saturated heterocycles. The highest BCUT2D eigenvalue weighted by atomic mass is 16.1. The molecule has 1 N–H and O–H groups in total. The molecule has 0 radical (unpaired) electrons. The fourth-order valence-electron chi connectivity index (χ4n) is 1.34. The maximum absolute atomic E-state index is 11.7. The minimum atomic E-state index is -0.142. The normalized spacial score (nSPS) is 9.75. The molecule has 1 amide bonds. The lowest BCUT2D eigenvalue weighted by Gasteiger charge is -2.04. The van der Waals surface area contributed by atoms with Gasteiger partial charge in [-0.25, -0.2) is 0 Å². The average molecular weight is 210 g/mol. The Labute approximate surface area is 94.9 Å². The average Bonchev–Trinajstić information content (AvgIpc) is 2.33. The van der Waals surface area contributed by atoms with Gasteiger partial charge in [0.15, 0.2) is 0 Å². The van der Waals surface area contributed by atoms with Gasteiger partial charge in [-0.1, -0.05) is 17.6 Å². The van der Waals surface area contributed by atoms with Crippen LogP contribution in [0, 0.1) is 0 Å². The highest BCUT2D eigenvalue weighted by Gasteiger charge is 2.04. The largest absolute Gasteiger partial charge is 0.322 e. The summed E-state index contributed by atoms with van der Waals surface area (Å²) in [5.41, 5.74) is 2.52. The van der Waals surface area contributed by atoms with Crippen molar-refractivity contribution in [1.82, 2.24) is 4.98 Å². The van der Waals surface area contributed by atoms with Crippen molar-refractivity contribution in [1.29, 1.82) is 0 Å². The van der Waals surface area contributed by atoms with Gasteiger partial charge < -0.3 is 5.32 Å². The van der Waals surface area contributed by atoms with Crippen molar-refractivity contribution in [3.8, 4) is 0 Å². The highest BCUT2D eigenvalue weighted by molar-refractivity contribution is 6.32. The van der Waals surface area contributed by atoms with Crippen molar-refractivity contribution in [2.45, 2.75) is 0 Å². The fourth-order valence-corrected chi connectivity index (χ4v) is 1.34. The van der Waals surface area contributed by atoms with Gasteiger partial charge in [0.05, 0.1) is 5.56 Å². The molecule has 0 fully saturated rings. The van der Waals surface area contributed by atoms with Crippen molar-refractivity contribution < 1.29 is 4.79 Å². The summed E-state index contributed by atoms with van der Waals surface area (Å²) < 4.78 is 0. The number of hydrogen-bond donors (Lipinski definition) is 1. The van der Waals surface area contributed by atoms with E-state index in [2.05, 4.69) is 10.3 Å². The zero-order valence-corrected chi connectivity index (χ0v) is 8.97. The number of carbonyl (C=O) groups is 1. The van der Waals surface area contributed by atoms with Gasteiger partial charge in [0.25, 0.3) is 5.91 Å². The summed E-state index contributed by atoms with van der Waals surface area (Å²) in [6, 6.07) is 11.1. The van der Waals surface area contributed by atoms with Gasteiger partial charge in [-0.05, 0) is 24.3 Å². The van der Waals surface area contributed by atoms with Crippen LogP contribution >= 0.6 is 0 Å². The summed E-state index contributed by atoms with van der Waals surface area (Å²) in [7, 11) is 2.01. The Bertz CT molecular complexity index is 482. The van der Waals surface area contributed by atoms with Crippen LogP contribution in [0.5, 0.6) is 0 Å². The first-order chi connectivity index (χ1) is 7.75. The molecule has 0 bridgehead atoms. The molecule has 0 unspecified atom stereocenters. The Morgan fingerprint density at radius 1 is 1.19 bits per heavy atom. The first kappa shape index (κ1) is 10.4. The Hall–Kier alpha value is -2.10. The van der Waals surface area contributed by atoms with Crippen LogP contribution < -0.4 is 10.8 Å². The maximum Gasteiger partial charge on any atom is 0.257 e. The number of amides is 1. The second-order valence-electron chi connectivity index (χ2n) is 3.56. The molecule has 0 aliphatic heterocycles. The van der Waals surface area contributed by atoms with E-state index in [1.54, 1.807) is 24.5 Å². The second kappa shape index (κ2) is 4.62. The minimum Gasteiger partial charge on any atom is -0.322 e. The third-order valence-corrected chi connectivity index (χ3v) is 2.23. The molecule has 2 rings (SSSR count).